The summed E-state index contributed by atoms with van der Waals surface area (Å²) in [6.07, 6.45) is 2.13. The normalized spacial score (nSPS) is 19.5. The second kappa shape index (κ2) is 4.87. The highest BCUT2D eigenvalue weighted by atomic mass is 32.1. The molecule has 0 spiro atoms. The van der Waals surface area contributed by atoms with Crippen molar-refractivity contribution in [2.75, 3.05) is 25.4 Å². The average molecular weight is 228 g/mol. The summed E-state index contributed by atoms with van der Waals surface area (Å²) in [5.74, 6) is 0.479. The van der Waals surface area contributed by atoms with Gasteiger partial charge in [0.15, 0.2) is 0 Å². The first-order valence-corrected chi connectivity index (χ1v) is 5.97. The first kappa shape index (κ1) is 10.8. The van der Waals surface area contributed by atoms with Crippen molar-refractivity contribution in [2.45, 2.75) is 19.4 Å². The third-order valence-electron chi connectivity index (χ3n) is 2.92. The monoisotopic (exact) mass is 228 g/mol. The molecule has 0 unspecified atom stereocenters. The molecular weight excluding hydrogens is 212 g/mol. The third-order valence-corrected chi connectivity index (χ3v) is 3.52. The Morgan fingerprint density at radius 2 is 2.20 bits per heavy atom. The highest BCUT2D eigenvalue weighted by Crippen LogP contribution is 2.20. The van der Waals surface area contributed by atoms with Crippen LogP contribution in [0.15, 0.2) is 0 Å². The smallest absolute Gasteiger partial charge is 0.132 e. The summed E-state index contributed by atoms with van der Waals surface area (Å²) in [7, 11) is 0. The minimum absolute atomic E-state index is 0.314. The molecule has 6 heteroatoms. The molecule has 0 atom stereocenters. The van der Waals surface area contributed by atoms with Crippen molar-refractivity contribution >= 4 is 16.5 Å². The molecule has 15 heavy (non-hydrogen) atoms. The SMILES string of the molecule is Nc1snnc1CN1CCC(CO)CC1. The van der Waals surface area contributed by atoms with Crippen molar-refractivity contribution in [3.63, 3.8) is 0 Å². The molecule has 0 bridgehead atoms. The van der Waals surface area contributed by atoms with Crippen LogP contribution in [0.2, 0.25) is 0 Å². The Bertz CT molecular complexity index is 309. The molecule has 0 radical (unpaired) electrons. The van der Waals surface area contributed by atoms with Gasteiger partial charge in [0.2, 0.25) is 0 Å². The lowest BCUT2D eigenvalue weighted by Gasteiger charge is -2.30. The van der Waals surface area contributed by atoms with Crippen LogP contribution >= 0.6 is 11.5 Å². The van der Waals surface area contributed by atoms with E-state index in [9.17, 15) is 0 Å². The number of nitrogens with zero attached hydrogens (tertiary/aromatic N) is 3. The van der Waals surface area contributed by atoms with Crippen LogP contribution in [0, 0.1) is 5.92 Å². The van der Waals surface area contributed by atoms with Crippen LogP contribution in [-0.2, 0) is 6.54 Å². The fourth-order valence-corrected chi connectivity index (χ4v) is 2.30. The highest BCUT2D eigenvalue weighted by Gasteiger charge is 2.19. The lowest BCUT2D eigenvalue weighted by Crippen LogP contribution is -2.34. The van der Waals surface area contributed by atoms with Crippen LogP contribution in [0.25, 0.3) is 0 Å². The summed E-state index contributed by atoms with van der Waals surface area (Å²) in [5.41, 5.74) is 6.63. The van der Waals surface area contributed by atoms with Gasteiger partial charge in [-0.05, 0) is 31.8 Å². The number of hydrogen-bond donors (Lipinski definition) is 2. The van der Waals surface area contributed by atoms with Crippen LogP contribution in [-0.4, -0.2) is 39.3 Å². The van der Waals surface area contributed by atoms with E-state index >= 15 is 0 Å². The van der Waals surface area contributed by atoms with Gasteiger partial charge in [0.25, 0.3) is 0 Å². The van der Waals surface area contributed by atoms with Gasteiger partial charge in [0, 0.05) is 24.7 Å². The molecular formula is C9H16N4OS. The molecule has 1 aliphatic rings. The number of likely N-dealkylation sites (tertiary alicyclic amines) is 1. The molecule has 1 aliphatic heterocycles. The summed E-state index contributed by atoms with van der Waals surface area (Å²) in [5, 5.41) is 13.7. The number of aromatic nitrogens is 2. The number of nitrogen functional groups attached to an aromatic ring is 1. The van der Waals surface area contributed by atoms with E-state index in [0.717, 1.165) is 43.2 Å². The van der Waals surface area contributed by atoms with Crippen LogP contribution in [0.4, 0.5) is 5.00 Å². The maximum Gasteiger partial charge on any atom is 0.132 e. The first-order chi connectivity index (χ1) is 7.29. The quantitative estimate of drug-likeness (QED) is 0.779. The Kier molecular flexibility index (Phi) is 3.50. The highest BCUT2D eigenvalue weighted by molar-refractivity contribution is 7.09. The second-order valence-electron chi connectivity index (χ2n) is 3.99. The van der Waals surface area contributed by atoms with E-state index in [2.05, 4.69) is 14.5 Å². The van der Waals surface area contributed by atoms with Gasteiger partial charge < -0.3 is 10.8 Å². The number of nitrogens with two attached hydrogens (primary N) is 1. The van der Waals surface area contributed by atoms with Gasteiger partial charge in [-0.3, -0.25) is 4.90 Å². The van der Waals surface area contributed by atoms with Crippen molar-refractivity contribution in [2.24, 2.45) is 5.92 Å². The van der Waals surface area contributed by atoms with Crippen molar-refractivity contribution in [1.29, 1.82) is 0 Å². The molecule has 2 heterocycles. The minimum Gasteiger partial charge on any atom is -0.396 e. The number of piperidine rings is 1. The van der Waals surface area contributed by atoms with Gasteiger partial charge in [-0.2, -0.15) is 0 Å². The topological polar surface area (TPSA) is 75.3 Å². The lowest BCUT2D eigenvalue weighted by molar-refractivity contribution is 0.126. The predicted octanol–water partition coefficient (Wildman–Crippen LogP) is 0.325. The van der Waals surface area contributed by atoms with Crippen LogP contribution < -0.4 is 5.73 Å². The molecule has 2 rings (SSSR count). The molecule has 0 saturated carbocycles. The van der Waals surface area contributed by atoms with E-state index in [1.54, 1.807) is 0 Å². The van der Waals surface area contributed by atoms with Crippen molar-refractivity contribution in [1.82, 2.24) is 14.5 Å². The van der Waals surface area contributed by atoms with E-state index in [1.165, 1.54) is 11.5 Å². The zero-order valence-electron chi connectivity index (χ0n) is 8.59. The Morgan fingerprint density at radius 3 is 2.73 bits per heavy atom. The fourth-order valence-electron chi connectivity index (χ4n) is 1.86. The second-order valence-corrected chi connectivity index (χ2v) is 4.77. The summed E-state index contributed by atoms with van der Waals surface area (Å²) < 4.78 is 3.82. The molecule has 5 nitrogen and oxygen atoms in total. The molecule has 0 amide bonds. The van der Waals surface area contributed by atoms with Crippen molar-refractivity contribution < 1.29 is 5.11 Å². The Balaban J connectivity index is 1.85. The fraction of sp³-hybridized carbons (Fsp3) is 0.778. The lowest BCUT2D eigenvalue weighted by atomic mass is 9.98. The van der Waals surface area contributed by atoms with E-state index in [1.807, 2.05) is 0 Å². The molecule has 84 valence electrons. The Labute approximate surface area is 93.1 Å². The summed E-state index contributed by atoms with van der Waals surface area (Å²) in [6.45, 7) is 3.14. The summed E-state index contributed by atoms with van der Waals surface area (Å²) in [6, 6.07) is 0. The molecule has 3 N–H and O–H groups in total. The largest absolute Gasteiger partial charge is 0.396 e. The van der Waals surface area contributed by atoms with Crippen LogP contribution in [0.1, 0.15) is 18.5 Å². The number of anilines is 1. The Hall–Kier alpha value is -0.720. The maximum atomic E-state index is 9.02. The van der Waals surface area contributed by atoms with E-state index in [0.29, 0.717) is 12.5 Å². The van der Waals surface area contributed by atoms with E-state index in [4.69, 9.17) is 10.8 Å². The third kappa shape index (κ3) is 2.64. The summed E-state index contributed by atoms with van der Waals surface area (Å²) >= 11 is 1.25. The zero-order chi connectivity index (χ0) is 10.7. The van der Waals surface area contributed by atoms with Gasteiger partial charge in [-0.1, -0.05) is 4.49 Å². The maximum absolute atomic E-state index is 9.02. The van der Waals surface area contributed by atoms with Gasteiger partial charge in [-0.15, -0.1) is 5.10 Å². The van der Waals surface area contributed by atoms with Gasteiger partial charge in [-0.25, -0.2) is 0 Å². The number of rotatable bonds is 3. The van der Waals surface area contributed by atoms with Crippen LogP contribution in [0.3, 0.4) is 0 Å². The first-order valence-electron chi connectivity index (χ1n) is 5.19. The van der Waals surface area contributed by atoms with E-state index < -0.39 is 0 Å². The Morgan fingerprint density at radius 1 is 1.47 bits per heavy atom. The van der Waals surface area contributed by atoms with Crippen molar-refractivity contribution in [3.05, 3.63) is 5.69 Å². The molecule has 1 aromatic rings. The van der Waals surface area contributed by atoms with Gasteiger partial charge in [0.1, 0.15) is 10.7 Å². The minimum atomic E-state index is 0.314. The van der Waals surface area contributed by atoms with Gasteiger partial charge in [0.05, 0.1) is 0 Å². The molecule has 1 fully saturated rings. The molecule has 1 saturated heterocycles. The number of aliphatic hydroxyl groups is 1. The molecule has 0 aromatic carbocycles. The average Bonchev–Trinajstić information content (AvgIpc) is 2.66. The van der Waals surface area contributed by atoms with E-state index in [-0.39, 0.29) is 0 Å². The standard InChI is InChI=1S/C9H16N4OS/c10-9-8(11-12-15-9)5-13-3-1-7(6-14)2-4-13/h7,14H,1-6,10H2. The zero-order valence-corrected chi connectivity index (χ0v) is 9.41. The molecule has 0 aliphatic carbocycles. The number of hydrogen-bond acceptors (Lipinski definition) is 6. The molecule has 1 aromatic heterocycles. The summed E-state index contributed by atoms with van der Waals surface area (Å²) in [4.78, 5) is 2.32. The van der Waals surface area contributed by atoms with Crippen LogP contribution in [0.5, 0.6) is 0 Å². The van der Waals surface area contributed by atoms with Gasteiger partial charge >= 0.3 is 0 Å². The number of aliphatic hydroxyl groups excluding tert-OH is 1. The van der Waals surface area contributed by atoms with Crippen molar-refractivity contribution in [3.8, 4) is 0 Å². The predicted molar refractivity (Wildman–Crippen MR) is 59.4 cm³/mol.